The SMILES string of the molecule is COc1cc(/C(O)=C2\C(=O)C(=O)N(c3ccc(C)c(C)c3)C2c2cccs2)c(OC)cc1Cl. The molecule has 1 aromatic heterocycles. The molecule has 8 heteroatoms. The number of hydrogen-bond acceptors (Lipinski definition) is 6. The number of carbonyl (C=O) groups is 2. The Kier molecular flexibility index (Phi) is 6.19. The predicted molar refractivity (Wildman–Crippen MR) is 130 cm³/mol. The first-order valence-electron chi connectivity index (χ1n) is 10.1. The molecule has 1 N–H and O–H groups in total. The molecule has 0 radical (unpaired) electrons. The fourth-order valence-corrected chi connectivity index (χ4v) is 4.94. The van der Waals surface area contributed by atoms with Crippen LogP contribution in [0.25, 0.3) is 5.76 Å². The predicted octanol–water partition coefficient (Wildman–Crippen LogP) is 5.66. The minimum absolute atomic E-state index is 0.0247. The van der Waals surface area contributed by atoms with Gasteiger partial charge in [0, 0.05) is 16.6 Å². The van der Waals surface area contributed by atoms with Gasteiger partial charge in [0.1, 0.15) is 23.3 Å². The fourth-order valence-electron chi connectivity index (χ4n) is 3.88. The molecule has 0 bridgehead atoms. The highest BCUT2D eigenvalue weighted by molar-refractivity contribution is 7.10. The second-order valence-corrected chi connectivity index (χ2v) is 9.03. The number of Topliss-reactive ketones (excluding diaryl/α,β-unsaturated/α-hetero) is 1. The molecule has 1 unspecified atom stereocenters. The van der Waals surface area contributed by atoms with E-state index in [1.54, 1.807) is 6.07 Å². The van der Waals surface area contributed by atoms with Crippen molar-refractivity contribution >= 4 is 46.1 Å². The number of aliphatic hydroxyl groups is 1. The van der Waals surface area contributed by atoms with Gasteiger partial charge in [-0.1, -0.05) is 23.7 Å². The third kappa shape index (κ3) is 3.87. The maximum Gasteiger partial charge on any atom is 0.300 e. The fraction of sp³-hybridized carbons (Fsp3) is 0.200. The van der Waals surface area contributed by atoms with Gasteiger partial charge in [0.05, 0.1) is 30.4 Å². The number of hydrogen-bond donors (Lipinski definition) is 1. The van der Waals surface area contributed by atoms with Crippen LogP contribution >= 0.6 is 22.9 Å². The van der Waals surface area contributed by atoms with Gasteiger partial charge in [-0.05, 0) is 54.6 Å². The molecule has 1 aliphatic heterocycles. The largest absolute Gasteiger partial charge is 0.507 e. The summed E-state index contributed by atoms with van der Waals surface area (Å²) < 4.78 is 10.7. The van der Waals surface area contributed by atoms with Crippen LogP contribution in [0.1, 0.15) is 27.6 Å². The second kappa shape index (κ2) is 8.92. The summed E-state index contributed by atoms with van der Waals surface area (Å²) in [7, 11) is 2.88. The van der Waals surface area contributed by atoms with E-state index in [1.165, 1.54) is 42.6 Å². The molecule has 4 rings (SSSR count). The van der Waals surface area contributed by atoms with Crippen molar-refractivity contribution in [2.75, 3.05) is 19.1 Å². The Labute approximate surface area is 200 Å². The average Bonchev–Trinajstić information content (AvgIpc) is 3.42. The van der Waals surface area contributed by atoms with E-state index in [0.717, 1.165) is 16.0 Å². The second-order valence-electron chi connectivity index (χ2n) is 7.64. The minimum atomic E-state index is -0.793. The average molecular weight is 484 g/mol. The molecular weight excluding hydrogens is 462 g/mol. The molecule has 1 aliphatic rings. The Morgan fingerprint density at radius 1 is 1.03 bits per heavy atom. The van der Waals surface area contributed by atoms with Gasteiger partial charge < -0.3 is 14.6 Å². The molecule has 6 nitrogen and oxygen atoms in total. The van der Waals surface area contributed by atoms with Crippen molar-refractivity contribution in [1.82, 2.24) is 0 Å². The van der Waals surface area contributed by atoms with Crippen LogP contribution < -0.4 is 14.4 Å². The molecule has 0 spiro atoms. The van der Waals surface area contributed by atoms with Crippen LogP contribution in [0.15, 0.2) is 53.4 Å². The molecule has 170 valence electrons. The highest BCUT2D eigenvalue weighted by Crippen LogP contribution is 2.45. The van der Waals surface area contributed by atoms with E-state index in [2.05, 4.69) is 0 Å². The normalized spacial score (nSPS) is 17.5. The Morgan fingerprint density at radius 2 is 1.76 bits per heavy atom. The summed E-state index contributed by atoms with van der Waals surface area (Å²) in [5, 5.41) is 13.5. The van der Waals surface area contributed by atoms with Crippen LogP contribution in [0.3, 0.4) is 0 Å². The third-order valence-electron chi connectivity index (χ3n) is 5.75. The first-order valence-corrected chi connectivity index (χ1v) is 11.4. The number of benzene rings is 2. The quantitative estimate of drug-likeness (QED) is 0.288. The van der Waals surface area contributed by atoms with Crippen molar-refractivity contribution in [1.29, 1.82) is 0 Å². The van der Waals surface area contributed by atoms with Gasteiger partial charge in [-0.15, -0.1) is 11.3 Å². The highest BCUT2D eigenvalue weighted by atomic mass is 35.5. The van der Waals surface area contributed by atoms with Crippen LogP contribution in [0, 0.1) is 13.8 Å². The zero-order valence-electron chi connectivity index (χ0n) is 18.5. The summed E-state index contributed by atoms with van der Waals surface area (Å²) in [6.07, 6.45) is 0. The monoisotopic (exact) mass is 483 g/mol. The Hall–Kier alpha value is -3.29. The first-order chi connectivity index (χ1) is 15.8. The number of aliphatic hydroxyl groups excluding tert-OH is 1. The lowest BCUT2D eigenvalue weighted by molar-refractivity contribution is -0.132. The summed E-state index contributed by atoms with van der Waals surface area (Å²) in [5.74, 6) is -1.29. The standard InChI is InChI=1S/C25H22ClNO5S/c1-13-7-8-15(10-14(13)2)27-22(20-6-5-9-33-20)21(24(29)25(27)30)23(28)16-11-19(32-4)17(26)12-18(16)31-3/h5-12,22,28H,1-4H3/b23-21+. The number of rotatable bonds is 5. The smallest absolute Gasteiger partial charge is 0.300 e. The number of ether oxygens (including phenoxy) is 2. The lowest BCUT2D eigenvalue weighted by Crippen LogP contribution is -2.29. The molecule has 0 aliphatic carbocycles. The van der Waals surface area contributed by atoms with Gasteiger partial charge in [0.15, 0.2) is 0 Å². The summed E-state index contributed by atoms with van der Waals surface area (Å²) in [5.41, 5.74) is 2.82. The lowest BCUT2D eigenvalue weighted by Gasteiger charge is -2.25. The van der Waals surface area contributed by atoms with E-state index in [9.17, 15) is 14.7 Å². The lowest BCUT2D eigenvalue weighted by atomic mass is 9.98. The van der Waals surface area contributed by atoms with Gasteiger partial charge in [-0.25, -0.2) is 0 Å². The summed E-state index contributed by atoms with van der Waals surface area (Å²) >= 11 is 7.60. The van der Waals surface area contributed by atoms with Gasteiger partial charge in [0.2, 0.25) is 0 Å². The number of methoxy groups -OCH3 is 2. The topological polar surface area (TPSA) is 76.1 Å². The minimum Gasteiger partial charge on any atom is -0.507 e. The van der Waals surface area contributed by atoms with Gasteiger partial charge in [-0.2, -0.15) is 0 Å². The van der Waals surface area contributed by atoms with Gasteiger partial charge in [0.25, 0.3) is 11.7 Å². The number of amides is 1. The van der Waals surface area contributed by atoms with Gasteiger partial charge in [-0.3, -0.25) is 14.5 Å². The number of aryl methyl sites for hydroxylation is 2. The molecule has 0 saturated carbocycles. The number of ketones is 1. The van der Waals surface area contributed by atoms with Crippen LogP contribution in [-0.4, -0.2) is 31.0 Å². The molecule has 1 amide bonds. The number of anilines is 1. The van der Waals surface area contributed by atoms with E-state index in [-0.39, 0.29) is 27.7 Å². The van der Waals surface area contributed by atoms with Crippen molar-refractivity contribution in [2.45, 2.75) is 19.9 Å². The maximum atomic E-state index is 13.3. The summed E-state index contributed by atoms with van der Waals surface area (Å²) in [4.78, 5) is 28.7. The zero-order chi connectivity index (χ0) is 23.9. The number of thiophene rings is 1. The van der Waals surface area contributed by atoms with Crippen LogP contribution in [0.4, 0.5) is 5.69 Å². The molecule has 2 heterocycles. The van der Waals surface area contributed by atoms with E-state index >= 15 is 0 Å². The highest BCUT2D eigenvalue weighted by Gasteiger charge is 2.47. The van der Waals surface area contributed by atoms with E-state index in [0.29, 0.717) is 11.4 Å². The Balaban J connectivity index is 1.97. The van der Waals surface area contributed by atoms with E-state index in [1.807, 2.05) is 43.5 Å². The molecular formula is C25H22ClNO5S. The van der Waals surface area contributed by atoms with Crippen molar-refractivity contribution in [3.8, 4) is 11.5 Å². The van der Waals surface area contributed by atoms with Crippen LogP contribution in [-0.2, 0) is 9.59 Å². The number of nitrogens with zero attached hydrogens (tertiary/aromatic N) is 1. The van der Waals surface area contributed by atoms with Crippen molar-refractivity contribution < 1.29 is 24.2 Å². The maximum absolute atomic E-state index is 13.3. The summed E-state index contributed by atoms with van der Waals surface area (Å²) in [6.45, 7) is 3.92. The van der Waals surface area contributed by atoms with Crippen molar-refractivity contribution in [3.05, 3.63) is 80.0 Å². The van der Waals surface area contributed by atoms with E-state index < -0.39 is 17.7 Å². The third-order valence-corrected chi connectivity index (χ3v) is 6.97. The van der Waals surface area contributed by atoms with Crippen molar-refractivity contribution in [2.24, 2.45) is 0 Å². The molecule has 2 aromatic carbocycles. The first kappa shape index (κ1) is 22.9. The molecule has 1 fully saturated rings. The summed E-state index contributed by atoms with van der Waals surface area (Å²) in [6, 6.07) is 11.4. The van der Waals surface area contributed by atoms with Gasteiger partial charge >= 0.3 is 0 Å². The molecule has 1 saturated heterocycles. The Morgan fingerprint density at radius 3 is 2.36 bits per heavy atom. The molecule has 1 atom stereocenters. The zero-order valence-corrected chi connectivity index (χ0v) is 20.1. The van der Waals surface area contributed by atoms with Crippen LogP contribution in [0.2, 0.25) is 5.02 Å². The van der Waals surface area contributed by atoms with Crippen LogP contribution in [0.5, 0.6) is 11.5 Å². The number of halogens is 1. The number of carbonyl (C=O) groups excluding carboxylic acids is 2. The van der Waals surface area contributed by atoms with E-state index in [4.69, 9.17) is 21.1 Å². The van der Waals surface area contributed by atoms with Crippen molar-refractivity contribution in [3.63, 3.8) is 0 Å². The molecule has 3 aromatic rings. The Bertz CT molecular complexity index is 1280. The molecule has 33 heavy (non-hydrogen) atoms.